The maximum atomic E-state index is 13.7. The van der Waals surface area contributed by atoms with E-state index in [9.17, 15) is 13.6 Å². The summed E-state index contributed by atoms with van der Waals surface area (Å²) in [6.07, 6.45) is 0. The van der Waals surface area contributed by atoms with Crippen molar-refractivity contribution in [2.24, 2.45) is 0 Å². The first kappa shape index (κ1) is 15.4. The fourth-order valence-corrected chi connectivity index (χ4v) is 2.47. The lowest BCUT2D eigenvalue weighted by atomic mass is 10.2. The minimum Gasteiger partial charge on any atom is -0.378 e. The molecular weight excluding hydrogens is 302 g/mol. The van der Waals surface area contributed by atoms with Crippen molar-refractivity contribution in [2.45, 2.75) is 0 Å². The first-order valence-electron chi connectivity index (χ1n) is 7.32. The molecule has 1 heterocycles. The second-order valence-corrected chi connectivity index (χ2v) is 5.23. The molecule has 1 aliphatic heterocycles. The van der Waals surface area contributed by atoms with E-state index in [1.807, 2.05) is 18.2 Å². The van der Waals surface area contributed by atoms with Gasteiger partial charge in [-0.15, -0.1) is 0 Å². The number of morpholine rings is 1. The SMILES string of the molecule is O=C(Nc1cccc(N2CCOCC2)c1)c1ccc(F)cc1F. The largest absolute Gasteiger partial charge is 0.378 e. The van der Waals surface area contributed by atoms with E-state index in [1.165, 1.54) is 0 Å². The van der Waals surface area contributed by atoms with Crippen molar-refractivity contribution >= 4 is 17.3 Å². The molecule has 0 unspecified atom stereocenters. The Labute approximate surface area is 132 Å². The van der Waals surface area contributed by atoms with E-state index in [0.29, 0.717) is 25.0 Å². The fourth-order valence-electron chi connectivity index (χ4n) is 2.47. The van der Waals surface area contributed by atoms with Gasteiger partial charge in [0.25, 0.3) is 5.91 Å². The monoisotopic (exact) mass is 318 g/mol. The van der Waals surface area contributed by atoms with E-state index < -0.39 is 17.5 Å². The van der Waals surface area contributed by atoms with Crippen LogP contribution in [0.25, 0.3) is 0 Å². The van der Waals surface area contributed by atoms with E-state index >= 15 is 0 Å². The number of rotatable bonds is 3. The van der Waals surface area contributed by atoms with E-state index in [1.54, 1.807) is 6.07 Å². The molecule has 2 aromatic carbocycles. The Morgan fingerprint density at radius 1 is 1.09 bits per heavy atom. The first-order valence-corrected chi connectivity index (χ1v) is 7.32. The van der Waals surface area contributed by atoms with Crippen LogP contribution in [-0.4, -0.2) is 32.2 Å². The van der Waals surface area contributed by atoms with Gasteiger partial charge in [0.15, 0.2) is 0 Å². The highest BCUT2D eigenvalue weighted by atomic mass is 19.1. The van der Waals surface area contributed by atoms with Gasteiger partial charge >= 0.3 is 0 Å². The van der Waals surface area contributed by atoms with Gasteiger partial charge in [-0.25, -0.2) is 8.78 Å². The molecule has 1 fully saturated rings. The third-order valence-corrected chi connectivity index (χ3v) is 3.66. The number of halogens is 2. The van der Waals surface area contributed by atoms with Gasteiger partial charge in [-0.3, -0.25) is 4.79 Å². The van der Waals surface area contributed by atoms with Crippen molar-refractivity contribution in [3.63, 3.8) is 0 Å². The normalized spacial score (nSPS) is 14.6. The third-order valence-electron chi connectivity index (χ3n) is 3.66. The van der Waals surface area contributed by atoms with Crippen LogP contribution in [0.4, 0.5) is 20.2 Å². The fraction of sp³-hybridized carbons (Fsp3) is 0.235. The lowest BCUT2D eigenvalue weighted by Gasteiger charge is -2.29. The Morgan fingerprint density at radius 3 is 2.61 bits per heavy atom. The van der Waals surface area contributed by atoms with Crippen LogP contribution in [0.3, 0.4) is 0 Å². The molecule has 2 aromatic rings. The van der Waals surface area contributed by atoms with E-state index in [-0.39, 0.29) is 5.56 Å². The topological polar surface area (TPSA) is 41.6 Å². The van der Waals surface area contributed by atoms with Crippen LogP contribution in [0.2, 0.25) is 0 Å². The Hall–Kier alpha value is -2.47. The predicted molar refractivity (Wildman–Crippen MR) is 83.8 cm³/mol. The number of nitrogens with zero attached hydrogens (tertiary/aromatic N) is 1. The van der Waals surface area contributed by atoms with Gasteiger partial charge in [0.1, 0.15) is 11.6 Å². The van der Waals surface area contributed by atoms with Crippen LogP contribution in [0.1, 0.15) is 10.4 Å². The molecular formula is C17H16F2N2O2. The summed E-state index contributed by atoms with van der Waals surface area (Å²) in [6.45, 7) is 2.89. The number of hydrogen-bond acceptors (Lipinski definition) is 3. The minimum absolute atomic E-state index is 0.192. The maximum Gasteiger partial charge on any atom is 0.258 e. The molecule has 1 amide bonds. The molecule has 120 valence electrons. The van der Waals surface area contributed by atoms with Crippen molar-refractivity contribution in [2.75, 3.05) is 36.5 Å². The van der Waals surface area contributed by atoms with Crippen LogP contribution in [0.5, 0.6) is 0 Å². The summed E-state index contributed by atoms with van der Waals surface area (Å²) in [5, 5.41) is 2.64. The summed E-state index contributed by atoms with van der Waals surface area (Å²) in [5.41, 5.74) is 1.33. The average Bonchev–Trinajstić information content (AvgIpc) is 2.56. The molecule has 0 bridgehead atoms. The van der Waals surface area contributed by atoms with Crippen molar-refractivity contribution in [1.29, 1.82) is 0 Å². The second kappa shape index (κ2) is 6.75. The van der Waals surface area contributed by atoms with Crippen LogP contribution in [0, 0.1) is 11.6 Å². The van der Waals surface area contributed by atoms with E-state index in [4.69, 9.17) is 4.74 Å². The van der Waals surface area contributed by atoms with Gasteiger partial charge in [-0.2, -0.15) is 0 Å². The lowest BCUT2D eigenvalue weighted by molar-refractivity contribution is 0.102. The van der Waals surface area contributed by atoms with Crippen LogP contribution in [-0.2, 0) is 4.74 Å². The third kappa shape index (κ3) is 3.65. The average molecular weight is 318 g/mol. The summed E-state index contributed by atoms with van der Waals surface area (Å²) in [7, 11) is 0. The van der Waals surface area contributed by atoms with Crippen LogP contribution in [0.15, 0.2) is 42.5 Å². The maximum absolute atomic E-state index is 13.7. The summed E-state index contributed by atoms with van der Waals surface area (Å²) >= 11 is 0. The zero-order valence-electron chi connectivity index (χ0n) is 12.4. The number of amides is 1. The first-order chi connectivity index (χ1) is 11.1. The van der Waals surface area contributed by atoms with Gasteiger partial charge in [-0.1, -0.05) is 6.07 Å². The minimum atomic E-state index is -0.883. The standard InChI is InChI=1S/C17H16F2N2O2/c18-12-4-5-15(16(19)10-12)17(22)20-13-2-1-3-14(11-13)21-6-8-23-9-7-21/h1-5,10-11H,6-9H2,(H,20,22). The highest BCUT2D eigenvalue weighted by molar-refractivity contribution is 6.04. The smallest absolute Gasteiger partial charge is 0.258 e. The van der Waals surface area contributed by atoms with Gasteiger partial charge in [-0.05, 0) is 30.3 Å². The number of hydrogen-bond donors (Lipinski definition) is 1. The second-order valence-electron chi connectivity index (χ2n) is 5.23. The highest BCUT2D eigenvalue weighted by Crippen LogP contribution is 2.21. The predicted octanol–water partition coefficient (Wildman–Crippen LogP) is 3.05. The summed E-state index contributed by atoms with van der Waals surface area (Å²) in [5.74, 6) is -2.21. The molecule has 23 heavy (non-hydrogen) atoms. The molecule has 1 aliphatic rings. The van der Waals surface area contributed by atoms with Crippen molar-refractivity contribution in [3.05, 3.63) is 59.7 Å². The van der Waals surface area contributed by atoms with Crippen molar-refractivity contribution in [1.82, 2.24) is 0 Å². The van der Waals surface area contributed by atoms with Crippen molar-refractivity contribution in [3.8, 4) is 0 Å². The number of carbonyl (C=O) groups is 1. The Morgan fingerprint density at radius 2 is 1.87 bits per heavy atom. The number of ether oxygens (including phenoxy) is 1. The van der Waals surface area contributed by atoms with Crippen LogP contribution < -0.4 is 10.2 Å². The molecule has 0 spiro atoms. The molecule has 0 saturated carbocycles. The number of carbonyl (C=O) groups excluding carboxylic acids is 1. The quantitative estimate of drug-likeness (QED) is 0.946. The zero-order valence-corrected chi connectivity index (χ0v) is 12.4. The number of anilines is 2. The molecule has 1 N–H and O–H groups in total. The van der Waals surface area contributed by atoms with E-state index in [0.717, 1.165) is 30.9 Å². The van der Waals surface area contributed by atoms with Gasteiger partial charge in [0, 0.05) is 30.5 Å². The molecule has 4 nitrogen and oxygen atoms in total. The molecule has 3 rings (SSSR count). The molecule has 0 radical (unpaired) electrons. The summed E-state index contributed by atoms with van der Waals surface area (Å²) in [6, 6.07) is 10.2. The summed E-state index contributed by atoms with van der Waals surface area (Å²) < 4.78 is 31.9. The van der Waals surface area contributed by atoms with Crippen molar-refractivity contribution < 1.29 is 18.3 Å². The van der Waals surface area contributed by atoms with Crippen LogP contribution >= 0.6 is 0 Å². The Kier molecular flexibility index (Phi) is 4.52. The Bertz CT molecular complexity index is 715. The number of nitrogens with one attached hydrogen (secondary N) is 1. The van der Waals surface area contributed by atoms with Gasteiger partial charge in [0.05, 0.1) is 18.8 Å². The summed E-state index contributed by atoms with van der Waals surface area (Å²) in [4.78, 5) is 14.3. The zero-order chi connectivity index (χ0) is 16.2. The van der Waals surface area contributed by atoms with Gasteiger partial charge in [0.2, 0.25) is 0 Å². The van der Waals surface area contributed by atoms with Gasteiger partial charge < -0.3 is 15.0 Å². The molecule has 6 heteroatoms. The lowest BCUT2D eigenvalue weighted by Crippen LogP contribution is -2.36. The molecule has 1 saturated heterocycles. The van der Waals surface area contributed by atoms with E-state index in [2.05, 4.69) is 10.2 Å². The number of benzene rings is 2. The highest BCUT2D eigenvalue weighted by Gasteiger charge is 2.14. The molecule has 0 aromatic heterocycles. The molecule has 0 atom stereocenters. The Balaban J connectivity index is 1.75. The molecule has 0 aliphatic carbocycles.